The predicted octanol–water partition coefficient (Wildman–Crippen LogP) is 3.64. The summed E-state index contributed by atoms with van der Waals surface area (Å²) in [6, 6.07) is 23.0. The van der Waals surface area contributed by atoms with Gasteiger partial charge in [-0.25, -0.2) is 18.9 Å². The van der Waals surface area contributed by atoms with E-state index >= 15 is 0 Å². The molecule has 3 aromatic carbocycles. The molecule has 2 unspecified atom stereocenters. The zero-order valence-corrected chi connectivity index (χ0v) is 23.6. The van der Waals surface area contributed by atoms with Crippen LogP contribution in [0.4, 0.5) is 0 Å². The lowest BCUT2D eigenvalue weighted by molar-refractivity contribution is -0.144. The molecule has 0 aliphatic rings. The van der Waals surface area contributed by atoms with Crippen LogP contribution in [-0.2, 0) is 37.1 Å². The van der Waals surface area contributed by atoms with E-state index in [2.05, 4.69) is 9.05 Å². The zero-order chi connectivity index (χ0) is 30.5. The van der Waals surface area contributed by atoms with E-state index in [-0.39, 0.29) is 16.7 Å². The summed E-state index contributed by atoms with van der Waals surface area (Å²) in [5.74, 6) is -3.88. The van der Waals surface area contributed by atoms with E-state index < -0.39 is 63.0 Å². The van der Waals surface area contributed by atoms with Gasteiger partial charge in [-0.2, -0.15) is 0 Å². The number of carbonyl (C=O) groups is 4. The Balaban J connectivity index is 1.93. The van der Waals surface area contributed by atoms with Crippen LogP contribution in [0.1, 0.15) is 31.1 Å². The van der Waals surface area contributed by atoms with Crippen molar-refractivity contribution < 1.29 is 56.6 Å². The van der Waals surface area contributed by atoms with Gasteiger partial charge in [0.25, 0.3) is 0 Å². The summed E-state index contributed by atoms with van der Waals surface area (Å²) >= 11 is 0. The number of ether oxygens (including phenoxy) is 3. The molecule has 12 nitrogen and oxygen atoms in total. The van der Waals surface area contributed by atoms with E-state index in [9.17, 15) is 28.8 Å². The first-order valence-corrected chi connectivity index (χ1v) is 13.9. The molecule has 0 bridgehead atoms. The summed E-state index contributed by atoms with van der Waals surface area (Å²) in [6.07, 6.45) is -5.80. The van der Waals surface area contributed by atoms with Crippen LogP contribution in [0.15, 0.2) is 91.0 Å². The number of ketones is 1. The Labute approximate surface area is 241 Å². The Kier molecular flexibility index (Phi) is 12.1. The number of rotatable bonds is 15. The second kappa shape index (κ2) is 15.7. The smallest absolute Gasteiger partial charge is 0.459 e. The highest BCUT2D eigenvalue weighted by Gasteiger charge is 2.42. The normalized spacial score (nSPS) is 13.3. The highest BCUT2D eigenvalue weighted by atomic mass is 31.2. The second-order valence-corrected chi connectivity index (χ2v) is 10.4. The molecule has 0 amide bonds. The van der Waals surface area contributed by atoms with E-state index in [1.54, 1.807) is 54.6 Å². The maximum atomic E-state index is 13.4. The molecule has 0 saturated heterocycles. The van der Waals surface area contributed by atoms with Gasteiger partial charge in [0.05, 0.1) is 16.7 Å². The molecular weight excluding hydrogens is 571 g/mol. The van der Waals surface area contributed by atoms with Crippen molar-refractivity contribution in [2.45, 2.75) is 18.3 Å². The quantitative estimate of drug-likeness (QED) is 0.153. The second-order valence-electron chi connectivity index (χ2n) is 8.51. The van der Waals surface area contributed by atoms with Gasteiger partial charge < -0.3 is 19.3 Å². The summed E-state index contributed by atoms with van der Waals surface area (Å²) in [5, 5.41) is 11.1. The van der Waals surface area contributed by atoms with Crippen LogP contribution < -0.4 is 0 Å². The Bertz CT molecular complexity index is 1370. The lowest BCUT2D eigenvalue weighted by atomic mass is 10.0. The topological polar surface area (TPSA) is 161 Å². The standard InChI is InChI=1S/C29H29O12P/c1-36-42(35,37-2)39-19-24(31)26(41-29(34)22-16-10-5-11-17-22)25(40-28(33)21-14-8-4-9-15-21)23(30)18-38-27(32)20-12-6-3-7-13-20/h3-17,23,25-26,30H,18-19H2,1-2H3/t23-,25?,26?/m1/s1. The van der Waals surface area contributed by atoms with Crippen LogP contribution >= 0.6 is 7.82 Å². The summed E-state index contributed by atoms with van der Waals surface area (Å²) in [6.45, 7) is -1.76. The minimum Gasteiger partial charge on any atom is -0.459 e. The minimum atomic E-state index is -4.16. The van der Waals surface area contributed by atoms with Gasteiger partial charge in [-0.05, 0) is 36.4 Å². The predicted molar refractivity (Wildman–Crippen MR) is 147 cm³/mol. The van der Waals surface area contributed by atoms with Crippen molar-refractivity contribution >= 4 is 31.5 Å². The average Bonchev–Trinajstić information content (AvgIpc) is 3.04. The monoisotopic (exact) mass is 600 g/mol. The number of aliphatic hydroxyl groups is 1. The molecule has 3 aromatic rings. The molecule has 0 aliphatic heterocycles. The van der Waals surface area contributed by atoms with Gasteiger partial charge in [-0.1, -0.05) is 54.6 Å². The van der Waals surface area contributed by atoms with Crippen LogP contribution in [0.25, 0.3) is 0 Å². The van der Waals surface area contributed by atoms with Gasteiger partial charge in [0.1, 0.15) is 19.3 Å². The van der Waals surface area contributed by atoms with Crippen LogP contribution in [0.2, 0.25) is 0 Å². The average molecular weight is 601 g/mol. The molecule has 0 saturated carbocycles. The van der Waals surface area contributed by atoms with Crippen molar-refractivity contribution in [3.8, 4) is 0 Å². The SMILES string of the molecule is COP(=O)(OC)OCC(=O)C(OC(=O)c1ccccc1)C(OC(=O)c1ccccc1)[C@H](O)COC(=O)c1ccccc1. The third-order valence-electron chi connectivity index (χ3n) is 5.70. The third kappa shape index (κ3) is 9.16. The molecule has 0 aromatic heterocycles. The summed E-state index contributed by atoms with van der Waals surface area (Å²) < 4.78 is 42.8. The largest absolute Gasteiger partial charge is 0.474 e. The molecule has 3 atom stereocenters. The lowest BCUT2D eigenvalue weighted by Crippen LogP contribution is -2.50. The van der Waals surface area contributed by atoms with Crippen LogP contribution in [0.3, 0.4) is 0 Å². The molecular formula is C29H29O12P. The highest BCUT2D eigenvalue weighted by molar-refractivity contribution is 7.48. The number of hydrogen-bond donors (Lipinski definition) is 1. The number of carbonyl (C=O) groups excluding carboxylic acids is 4. The fourth-order valence-electron chi connectivity index (χ4n) is 3.50. The van der Waals surface area contributed by atoms with Gasteiger partial charge in [0.2, 0.25) is 11.9 Å². The first-order chi connectivity index (χ1) is 20.2. The summed E-state index contributed by atoms with van der Waals surface area (Å²) in [4.78, 5) is 51.8. The number of hydrogen-bond acceptors (Lipinski definition) is 12. The molecule has 0 fully saturated rings. The van der Waals surface area contributed by atoms with Crippen molar-refractivity contribution in [2.75, 3.05) is 27.4 Å². The molecule has 0 aliphatic carbocycles. The maximum absolute atomic E-state index is 13.4. The van der Waals surface area contributed by atoms with Crippen molar-refractivity contribution in [2.24, 2.45) is 0 Å². The molecule has 0 heterocycles. The Hall–Kier alpha value is -4.19. The maximum Gasteiger partial charge on any atom is 0.474 e. The zero-order valence-electron chi connectivity index (χ0n) is 22.7. The van der Waals surface area contributed by atoms with Crippen molar-refractivity contribution in [3.05, 3.63) is 108 Å². The molecule has 13 heteroatoms. The van der Waals surface area contributed by atoms with E-state index in [1.807, 2.05) is 0 Å². The fourth-order valence-corrected chi connectivity index (χ4v) is 4.15. The van der Waals surface area contributed by atoms with Crippen molar-refractivity contribution in [1.82, 2.24) is 0 Å². The van der Waals surface area contributed by atoms with E-state index in [0.29, 0.717) is 0 Å². The lowest BCUT2D eigenvalue weighted by Gasteiger charge is -2.29. The third-order valence-corrected chi connectivity index (χ3v) is 7.04. The number of esters is 3. The highest BCUT2D eigenvalue weighted by Crippen LogP contribution is 2.47. The molecule has 0 spiro atoms. The van der Waals surface area contributed by atoms with Crippen LogP contribution in [0.5, 0.6) is 0 Å². The van der Waals surface area contributed by atoms with Gasteiger partial charge >= 0.3 is 25.7 Å². The fraction of sp³-hybridized carbons (Fsp3) is 0.241. The molecule has 0 radical (unpaired) electrons. The number of Topliss-reactive ketones (excluding diaryl/α,β-unsaturated/α-hetero) is 1. The van der Waals surface area contributed by atoms with Gasteiger partial charge in [-0.15, -0.1) is 0 Å². The Morgan fingerprint density at radius 1 is 0.690 bits per heavy atom. The number of benzene rings is 3. The van der Waals surface area contributed by atoms with Crippen molar-refractivity contribution in [1.29, 1.82) is 0 Å². The number of phosphoric ester groups is 1. The van der Waals surface area contributed by atoms with E-state index in [1.165, 1.54) is 36.4 Å². The first kappa shape index (κ1) is 32.3. The van der Waals surface area contributed by atoms with Crippen LogP contribution in [-0.4, -0.2) is 74.5 Å². The summed E-state index contributed by atoms with van der Waals surface area (Å²) in [5.41, 5.74) is 0.263. The molecule has 42 heavy (non-hydrogen) atoms. The molecule has 3 rings (SSSR count). The van der Waals surface area contributed by atoms with Gasteiger partial charge in [0, 0.05) is 14.2 Å². The van der Waals surface area contributed by atoms with E-state index in [0.717, 1.165) is 14.2 Å². The minimum absolute atomic E-state index is 0.0359. The Morgan fingerprint density at radius 2 is 1.12 bits per heavy atom. The molecule has 222 valence electrons. The van der Waals surface area contributed by atoms with Crippen LogP contribution in [0, 0.1) is 0 Å². The molecule has 1 N–H and O–H groups in total. The number of aliphatic hydroxyl groups excluding tert-OH is 1. The number of phosphoric acid groups is 1. The summed E-state index contributed by atoms with van der Waals surface area (Å²) in [7, 11) is -2.11. The first-order valence-electron chi connectivity index (χ1n) is 12.5. The van der Waals surface area contributed by atoms with Gasteiger partial charge in [0.15, 0.2) is 6.10 Å². The van der Waals surface area contributed by atoms with Gasteiger partial charge in [-0.3, -0.25) is 18.4 Å². The van der Waals surface area contributed by atoms with Crippen molar-refractivity contribution in [3.63, 3.8) is 0 Å². The van der Waals surface area contributed by atoms with E-state index in [4.69, 9.17) is 18.7 Å². The Morgan fingerprint density at radius 3 is 1.57 bits per heavy atom.